The molecule has 4 heteroatoms. The van der Waals surface area contributed by atoms with E-state index in [9.17, 15) is 4.79 Å². The van der Waals surface area contributed by atoms with Gasteiger partial charge in [0.2, 0.25) is 5.91 Å². The summed E-state index contributed by atoms with van der Waals surface area (Å²) in [5.41, 5.74) is -0.406. The van der Waals surface area contributed by atoms with Crippen molar-refractivity contribution in [2.45, 2.75) is 20.8 Å². The Hall–Kier alpha value is -0.900. The summed E-state index contributed by atoms with van der Waals surface area (Å²) < 4.78 is 0.789. The van der Waals surface area contributed by atoms with Crippen molar-refractivity contribution in [1.29, 1.82) is 0 Å². The minimum Gasteiger partial charge on any atom is -0.309 e. The van der Waals surface area contributed by atoms with Gasteiger partial charge >= 0.3 is 0 Å². The lowest BCUT2D eigenvalue weighted by atomic mass is 9.96. The van der Waals surface area contributed by atoms with E-state index in [1.165, 1.54) is 0 Å². The molecular weight excluding hydrogens is 244 g/mol. The van der Waals surface area contributed by atoms with Gasteiger partial charge in [0.15, 0.2) is 0 Å². The summed E-state index contributed by atoms with van der Waals surface area (Å²) in [6.45, 7) is 5.58. The highest BCUT2D eigenvalue weighted by molar-refractivity contribution is 9.10. The zero-order valence-corrected chi connectivity index (χ0v) is 10.1. The molecule has 0 unspecified atom stereocenters. The molecule has 1 amide bonds. The molecule has 0 aliphatic heterocycles. The highest BCUT2D eigenvalue weighted by Crippen LogP contribution is 2.21. The van der Waals surface area contributed by atoms with Gasteiger partial charge in [-0.2, -0.15) is 0 Å². The predicted octanol–water partition coefficient (Wildman–Crippen LogP) is 2.83. The number of rotatable bonds is 1. The van der Waals surface area contributed by atoms with Gasteiger partial charge in [-0.3, -0.25) is 4.79 Å². The fourth-order valence-corrected chi connectivity index (χ4v) is 1.13. The molecule has 1 aromatic rings. The third kappa shape index (κ3) is 2.80. The molecule has 3 nitrogen and oxygen atoms in total. The topological polar surface area (TPSA) is 42.0 Å². The van der Waals surface area contributed by atoms with Crippen LogP contribution in [0.5, 0.6) is 0 Å². The van der Waals surface area contributed by atoms with E-state index in [-0.39, 0.29) is 5.91 Å². The smallest absolute Gasteiger partial charge is 0.230 e. The third-order valence-electron chi connectivity index (χ3n) is 1.67. The number of carbonyl (C=O) groups is 1. The maximum Gasteiger partial charge on any atom is 0.230 e. The van der Waals surface area contributed by atoms with Crippen molar-refractivity contribution in [3.8, 4) is 0 Å². The highest BCUT2D eigenvalue weighted by Gasteiger charge is 2.21. The average molecular weight is 257 g/mol. The average Bonchev–Trinajstić information content (AvgIpc) is 2.07. The van der Waals surface area contributed by atoms with E-state index in [0.29, 0.717) is 5.82 Å². The maximum absolute atomic E-state index is 11.6. The molecule has 0 spiro atoms. The number of hydrogen-bond donors (Lipinski definition) is 1. The largest absolute Gasteiger partial charge is 0.309 e. The van der Waals surface area contributed by atoms with E-state index in [1.807, 2.05) is 26.8 Å². The van der Waals surface area contributed by atoms with Crippen LogP contribution in [0.25, 0.3) is 0 Å². The molecular formula is C10H13BrN2O. The molecule has 0 fully saturated rings. The summed E-state index contributed by atoms with van der Waals surface area (Å²) in [6, 6.07) is 3.64. The van der Waals surface area contributed by atoms with E-state index in [2.05, 4.69) is 26.2 Å². The van der Waals surface area contributed by atoms with Crippen LogP contribution in [-0.4, -0.2) is 10.9 Å². The molecule has 1 aromatic heterocycles. The molecule has 0 aliphatic rings. The number of hydrogen-bond acceptors (Lipinski definition) is 2. The summed E-state index contributed by atoms with van der Waals surface area (Å²) >= 11 is 3.31. The SMILES string of the molecule is CC(C)(C)C(=O)Nc1ncccc1Br. The van der Waals surface area contributed by atoms with Crippen LogP contribution in [0.1, 0.15) is 20.8 Å². The Balaban J connectivity index is 2.80. The van der Waals surface area contributed by atoms with Crippen molar-refractivity contribution < 1.29 is 4.79 Å². The van der Waals surface area contributed by atoms with Crippen LogP contribution in [0, 0.1) is 5.41 Å². The van der Waals surface area contributed by atoms with Crippen LogP contribution < -0.4 is 5.32 Å². The van der Waals surface area contributed by atoms with Crippen molar-refractivity contribution in [2.75, 3.05) is 5.32 Å². The second kappa shape index (κ2) is 4.09. The highest BCUT2D eigenvalue weighted by atomic mass is 79.9. The molecule has 0 bridgehead atoms. The van der Waals surface area contributed by atoms with Gasteiger partial charge in [-0.25, -0.2) is 4.98 Å². The lowest BCUT2D eigenvalue weighted by Crippen LogP contribution is -2.28. The zero-order valence-electron chi connectivity index (χ0n) is 8.47. The standard InChI is InChI=1S/C10H13BrN2O/c1-10(2,3)9(14)13-8-7(11)5-4-6-12-8/h4-6H,1-3H3,(H,12,13,14). The predicted molar refractivity (Wildman–Crippen MR) is 60.0 cm³/mol. The molecule has 0 aromatic carbocycles. The van der Waals surface area contributed by atoms with Gasteiger partial charge in [-0.15, -0.1) is 0 Å². The molecule has 1 heterocycles. The van der Waals surface area contributed by atoms with Gasteiger partial charge in [0.25, 0.3) is 0 Å². The van der Waals surface area contributed by atoms with E-state index in [0.717, 1.165) is 4.47 Å². The van der Waals surface area contributed by atoms with E-state index in [1.54, 1.807) is 12.3 Å². The van der Waals surface area contributed by atoms with Crippen molar-refractivity contribution in [3.05, 3.63) is 22.8 Å². The Morgan fingerprint density at radius 3 is 2.64 bits per heavy atom. The molecule has 0 atom stereocenters. The Labute approximate surface area is 92.1 Å². The monoisotopic (exact) mass is 256 g/mol. The van der Waals surface area contributed by atoms with Crippen molar-refractivity contribution >= 4 is 27.7 Å². The molecule has 1 rings (SSSR count). The van der Waals surface area contributed by atoms with Gasteiger partial charge in [0.1, 0.15) is 5.82 Å². The van der Waals surface area contributed by atoms with Gasteiger partial charge in [0.05, 0.1) is 4.47 Å². The fraction of sp³-hybridized carbons (Fsp3) is 0.400. The molecule has 0 aliphatic carbocycles. The van der Waals surface area contributed by atoms with Gasteiger partial charge in [-0.1, -0.05) is 20.8 Å². The molecule has 76 valence electrons. The summed E-state index contributed by atoms with van der Waals surface area (Å²) in [7, 11) is 0. The van der Waals surface area contributed by atoms with Crippen molar-refractivity contribution in [1.82, 2.24) is 4.98 Å². The van der Waals surface area contributed by atoms with Gasteiger partial charge in [0, 0.05) is 11.6 Å². The number of anilines is 1. The van der Waals surface area contributed by atoms with Crippen molar-refractivity contribution in [2.24, 2.45) is 5.41 Å². The first-order valence-corrected chi connectivity index (χ1v) is 5.12. The first kappa shape index (κ1) is 11.2. The Kier molecular flexibility index (Phi) is 3.26. The quantitative estimate of drug-likeness (QED) is 0.840. The molecule has 0 saturated heterocycles. The molecule has 0 radical (unpaired) electrons. The lowest BCUT2D eigenvalue weighted by molar-refractivity contribution is -0.123. The Morgan fingerprint density at radius 2 is 2.14 bits per heavy atom. The van der Waals surface area contributed by atoms with E-state index in [4.69, 9.17) is 0 Å². The third-order valence-corrected chi connectivity index (χ3v) is 2.31. The first-order valence-electron chi connectivity index (χ1n) is 4.33. The van der Waals surface area contributed by atoms with Crippen LogP contribution in [0.2, 0.25) is 0 Å². The summed E-state index contributed by atoms with van der Waals surface area (Å²) in [5.74, 6) is 0.518. The zero-order chi connectivity index (χ0) is 10.8. The molecule has 14 heavy (non-hydrogen) atoms. The summed E-state index contributed by atoms with van der Waals surface area (Å²) in [4.78, 5) is 15.7. The second-order valence-electron chi connectivity index (χ2n) is 4.04. The summed E-state index contributed by atoms with van der Waals surface area (Å²) in [6.07, 6.45) is 1.64. The molecule has 1 N–H and O–H groups in total. The van der Waals surface area contributed by atoms with Crippen LogP contribution in [-0.2, 0) is 4.79 Å². The molecule has 0 saturated carbocycles. The minimum atomic E-state index is -0.406. The van der Waals surface area contributed by atoms with Crippen LogP contribution in [0.4, 0.5) is 5.82 Å². The van der Waals surface area contributed by atoms with E-state index >= 15 is 0 Å². The summed E-state index contributed by atoms with van der Waals surface area (Å²) in [5, 5.41) is 2.75. The van der Waals surface area contributed by atoms with Crippen LogP contribution in [0.3, 0.4) is 0 Å². The number of carbonyl (C=O) groups excluding carboxylic acids is 1. The number of halogens is 1. The number of nitrogens with one attached hydrogen (secondary N) is 1. The van der Waals surface area contributed by atoms with Gasteiger partial charge in [-0.05, 0) is 28.1 Å². The Bertz CT molecular complexity index is 344. The minimum absolute atomic E-state index is 0.0445. The number of pyridine rings is 1. The van der Waals surface area contributed by atoms with Crippen LogP contribution in [0.15, 0.2) is 22.8 Å². The van der Waals surface area contributed by atoms with Crippen LogP contribution >= 0.6 is 15.9 Å². The van der Waals surface area contributed by atoms with Gasteiger partial charge < -0.3 is 5.32 Å². The van der Waals surface area contributed by atoms with E-state index < -0.39 is 5.41 Å². The van der Waals surface area contributed by atoms with Crippen molar-refractivity contribution in [3.63, 3.8) is 0 Å². The maximum atomic E-state index is 11.6. The number of nitrogens with zero attached hydrogens (tertiary/aromatic N) is 1. The second-order valence-corrected chi connectivity index (χ2v) is 4.89. The normalized spacial score (nSPS) is 11.1. The Morgan fingerprint density at radius 1 is 1.50 bits per heavy atom. The lowest BCUT2D eigenvalue weighted by Gasteiger charge is -2.17. The first-order chi connectivity index (χ1) is 6.41. The number of aromatic nitrogens is 1. The number of amides is 1. The fourth-order valence-electron chi connectivity index (χ4n) is 0.773.